The number of fused-ring (bicyclic) bond motifs is 1. The van der Waals surface area contributed by atoms with Crippen LogP contribution in [-0.2, 0) is 28.6 Å². The maximum atomic E-state index is 13.3. The summed E-state index contributed by atoms with van der Waals surface area (Å²) in [6.07, 6.45) is 3.39. The summed E-state index contributed by atoms with van der Waals surface area (Å²) >= 11 is 0. The van der Waals surface area contributed by atoms with E-state index in [9.17, 15) is 19.5 Å². The summed E-state index contributed by atoms with van der Waals surface area (Å²) in [5.41, 5.74) is 0.758. The Kier molecular flexibility index (Phi) is 8.11. The van der Waals surface area contributed by atoms with E-state index in [2.05, 4.69) is 17.2 Å². The molecule has 0 aliphatic carbocycles. The lowest BCUT2D eigenvalue weighted by Gasteiger charge is -2.27. The van der Waals surface area contributed by atoms with Crippen molar-refractivity contribution in [3.05, 3.63) is 54.6 Å². The van der Waals surface area contributed by atoms with Gasteiger partial charge in [-0.3, -0.25) is 14.4 Å². The van der Waals surface area contributed by atoms with Crippen molar-refractivity contribution in [3.8, 4) is 5.75 Å². The Balaban J connectivity index is 1.92. The smallest absolute Gasteiger partial charge is 0.309 e. The maximum absolute atomic E-state index is 13.3. The van der Waals surface area contributed by atoms with Gasteiger partial charge in [0, 0.05) is 0 Å². The molecule has 9 heteroatoms. The van der Waals surface area contributed by atoms with Crippen LogP contribution in [0.5, 0.6) is 5.75 Å². The highest BCUT2D eigenvalue weighted by Crippen LogP contribution is 2.29. The first-order valence-electron chi connectivity index (χ1n) is 11.3. The number of aromatic hydroxyl groups is 1. The highest BCUT2D eigenvalue weighted by Gasteiger charge is 2.46. The second-order valence-corrected chi connectivity index (χ2v) is 8.93. The SMILES string of the molecule is C=CC[C@@H]1NC(=O)[C@@H]2OC(C)(C)O[C@@H]2COC(=O)C/C=C/[C@@H](C)[C@@H](c2ccc(O)cc2)NC1=O. The van der Waals surface area contributed by atoms with Gasteiger partial charge in [-0.1, -0.05) is 37.3 Å². The van der Waals surface area contributed by atoms with Crippen LogP contribution in [0.3, 0.4) is 0 Å². The summed E-state index contributed by atoms with van der Waals surface area (Å²) in [4.78, 5) is 38.6. The predicted molar refractivity (Wildman–Crippen MR) is 123 cm³/mol. The molecule has 3 rings (SSSR count). The van der Waals surface area contributed by atoms with Crippen LogP contribution in [0.25, 0.3) is 0 Å². The second kappa shape index (κ2) is 10.8. The van der Waals surface area contributed by atoms with Crippen molar-refractivity contribution < 1.29 is 33.7 Å². The predicted octanol–water partition coefficient (Wildman–Crippen LogP) is 2.27. The van der Waals surface area contributed by atoms with Crippen LogP contribution in [0.15, 0.2) is 49.1 Å². The van der Waals surface area contributed by atoms with Crippen LogP contribution in [0.4, 0.5) is 0 Å². The van der Waals surface area contributed by atoms with Crippen LogP contribution in [-0.4, -0.2) is 53.5 Å². The molecule has 3 N–H and O–H groups in total. The number of ether oxygens (including phenoxy) is 3. The zero-order chi connectivity index (χ0) is 24.9. The third kappa shape index (κ3) is 6.45. The fourth-order valence-corrected chi connectivity index (χ4v) is 4.01. The van der Waals surface area contributed by atoms with Crippen LogP contribution < -0.4 is 10.6 Å². The molecule has 0 radical (unpaired) electrons. The van der Waals surface area contributed by atoms with Gasteiger partial charge in [0.15, 0.2) is 11.9 Å². The number of rotatable bonds is 3. The molecule has 0 aromatic heterocycles. The van der Waals surface area contributed by atoms with Crippen molar-refractivity contribution in [2.45, 2.75) is 63.7 Å². The fourth-order valence-electron chi connectivity index (χ4n) is 4.01. The standard InChI is InChI=1S/C25H32N2O7/c1-5-7-18-23(30)27-21(16-10-12-17(28)13-11-16)15(2)8-6-9-20(29)32-14-19-22(24(31)26-18)34-25(3,4)33-19/h5-6,8,10-13,15,18-19,21-22,28H,1,7,9,14H2,2-4H3,(H,26,31)(H,27,30)/b8-6+/t15-,18+,19-,21+,22-/m1/s1. The van der Waals surface area contributed by atoms with E-state index in [-0.39, 0.29) is 31.1 Å². The van der Waals surface area contributed by atoms with Gasteiger partial charge >= 0.3 is 5.97 Å². The molecule has 2 heterocycles. The molecule has 34 heavy (non-hydrogen) atoms. The normalized spacial score (nSPS) is 31.1. The van der Waals surface area contributed by atoms with E-state index in [1.165, 1.54) is 12.1 Å². The van der Waals surface area contributed by atoms with Crippen LogP contribution >= 0.6 is 0 Å². The van der Waals surface area contributed by atoms with Gasteiger partial charge in [-0.2, -0.15) is 0 Å². The minimum atomic E-state index is -1.06. The van der Waals surface area contributed by atoms with E-state index in [0.29, 0.717) is 0 Å². The van der Waals surface area contributed by atoms with E-state index in [1.807, 2.05) is 13.0 Å². The number of hydrogen-bond donors (Lipinski definition) is 3. The number of hydrogen-bond acceptors (Lipinski definition) is 7. The molecule has 9 nitrogen and oxygen atoms in total. The van der Waals surface area contributed by atoms with E-state index < -0.39 is 47.9 Å². The monoisotopic (exact) mass is 472 g/mol. The summed E-state index contributed by atoms with van der Waals surface area (Å²) in [5, 5.41) is 15.4. The first-order chi connectivity index (χ1) is 16.1. The van der Waals surface area contributed by atoms with E-state index in [1.54, 1.807) is 38.1 Å². The molecule has 0 bridgehead atoms. The average Bonchev–Trinajstić information content (AvgIpc) is 3.10. The third-order valence-electron chi connectivity index (χ3n) is 5.69. The number of esters is 1. The summed E-state index contributed by atoms with van der Waals surface area (Å²) in [5.74, 6) is -2.58. The Morgan fingerprint density at radius 3 is 2.50 bits per heavy atom. The molecule has 2 aliphatic rings. The summed E-state index contributed by atoms with van der Waals surface area (Å²) in [6, 6.07) is 5.11. The number of amides is 2. The highest BCUT2D eigenvalue weighted by atomic mass is 16.8. The lowest BCUT2D eigenvalue weighted by atomic mass is 9.93. The lowest BCUT2D eigenvalue weighted by molar-refractivity contribution is -0.161. The highest BCUT2D eigenvalue weighted by molar-refractivity contribution is 5.90. The van der Waals surface area contributed by atoms with Gasteiger partial charge in [0.25, 0.3) is 5.91 Å². The molecular formula is C25H32N2O7. The number of phenolic OH excluding ortho intramolecular Hbond substituents is 1. The molecule has 0 saturated carbocycles. The molecule has 2 aliphatic heterocycles. The quantitative estimate of drug-likeness (QED) is 0.455. The van der Waals surface area contributed by atoms with Gasteiger partial charge in [0.05, 0.1) is 12.5 Å². The van der Waals surface area contributed by atoms with Gasteiger partial charge < -0.3 is 30.0 Å². The number of carbonyl (C=O) groups is 3. The zero-order valence-corrected chi connectivity index (χ0v) is 19.7. The Labute approximate surface area is 199 Å². The summed E-state index contributed by atoms with van der Waals surface area (Å²) in [6.45, 7) is 8.76. The maximum Gasteiger partial charge on any atom is 0.309 e. The molecule has 2 amide bonds. The number of carbonyl (C=O) groups excluding carboxylic acids is 3. The Morgan fingerprint density at radius 1 is 1.12 bits per heavy atom. The molecule has 0 spiro atoms. The van der Waals surface area contributed by atoms with Gasteiger partial charge in [-0.15, -0.1) is 6.58 Å². The van der Waals surface area contributed by atoms with Gasteiger partial charge in [-0.25, -0.2) is 0 Å². The van der Waals surface area contributed by atoms with Crippen molar-refractivity contribution in [3.63, 3.8) is 0 Å². The minimum Gasteiger partial charge on any atom is -0.508 e. The van der Waals surface area contributed by atoms with Crippen molar-refractivity contribution in [2.75, 3.05) is 6.61 Å². The minimum absolute atomic E-state index is 0.0213. The molecule has 1 aromatic carbocycles. The first kappa shape index (κ1) is 25.5. The molecule has 5 atom stereocenters. The fraction of sp³-hybridized carbons (Fsp3) is 0.480. The number of phenols is 1. The van der Waals surface area contributed by atoms with Crippen LogP contribution in [0.1, 0.15) is 45.2 Å². The van der Waals surface area contributed by atoms with Crippen LogP contribution in [0, 0.1) is 5.92 Å². The third-order valence-corrected chi connectivity index (χ3v) is 5.69. The molecule has 1 aromatic rings. The first-order valence-corrected chi connectivity index (χ1v) is 11.3. The second-order valence-electron chi connectivity index (χ2n) is 8.93. The van der Waals surface area contributed by atoms with E-state index in [0.717, 1.165) is 5.56 Å². The van der Waals surface area contributed by atoms with Gasteiger partial charge in [-0.05, 0) is 43.9 Å². The Morgan fingerprint density at radius 2 is 1.82 bits per heavy atom. The topological polar surface area (TPSA) is 123 Å². The van der Waals surface area contributed by atoms with E-state index in [4.69, 9.17) is 14.2 Å². The summed E-state index contributed by atoms with van der Waals surface area (Å²) < 4.78 is 16.8. The van der Waals surface area contributed by atoms with Crippen LogP contribution in [0.2, 0.25) is 0 Å². The Hall–Kier alpha value is -3.17. The van der Waals surface area contributed by atoms with Gasteiger partial charge in [0.1, 0.15) is 24.5 Å². The molecule has 0 unspecified atom stereocenters. The van der Waals surface area contributed by atoms with E-state index >= 15 is 0 Å². The zero-order valence-electron chi connectivity index (χ0n) is 19.7. The number of benzene rings is 1. The summed E-state index contributed by atoms with van der Waals surface area (Å²) in [7, 11) is 0. The van der Waals surface area contributed by atoms with Crippen molar-refractivity contribution in [2.24, 2.45) is 5.92 Å². The molecular weight excluding hydrogens is 440 g/mol. The largest absolute Gasteiger partial charge is 0.508 e. The molecule has 1 saturated heterocycles. The average molecular weight is 473 g/mol. The number of cyclic esters (lactones) is 1. The molecule has 184 valence electrons. The van der Waals surface area contributed by atoms with Crippen molar-refractivity contribution in [1.82, 2.24) is 10.6 Å². The molecule has 1 fully saturated rings. The lowest BCUT2D eigenvalue weighted by Crippen LogP contribution is -2.52. The Bertz CT molecular complexity index is 941. The number of nitrogens with one attached hydrogen (secondary N) is 2. The van der Waals surface area contributed by atoms with Crippen molar-refractivity contribution >= 4 is 17.8 Å². The van der Waals surface area contributed by atoms with Gasteiger partial charge in [0.2, 0.25) is 5.91 Å². The van der Waals surface area contributed by atoms with Crippen molar-refractivity contribution in [1.29, 1.82) is 0 Å².